The molecular formula is C10H15NO2. The molecule has 72 valence electrons. The van der Waals surface area contributed by atoms with E-state index in [1.54, 1.807) is 0 Å². The zero-order valence-electron chi connectivity index (χ0n) is 8.09. The van der Waals surface area contributed by atoms with E-state index >= 15 is 0 Å². The molecule has 0 radical (unpaired) electrons. The minimum atomic E-state index is 0.407. The fraction of sp³-hybridized carbons (Fsp3) is 0.600. The molecule has 2 heterocycles. The molecule has 0 fully saturated rings. The third-order valence-electron chi connectivity index (χ3n) is 2.44. The van der Waals surface area contributed by atoms with Gasteiger partial charge in [0.25, 0.3) is 0 Å². The van der Waals surface area contributed by atoms with Crippen LogP contribution in [0.1, 0.15) is 42.4 Å². The zero-order chi connectivity index (χ0) is 9.42. The Kier molecular flexibility index (Phi) is 2.14. The summed E-state index contributed by atoms with van der Waals surface area (Å²) < 4.78 is 11.0. The molecule has 0 bridgehead atoms. The van der Waals surface area contributed by atoms with Crippen molar-refractivity contribution in [2.45, 2.75) is 39.5 Å². The molecule has 0 saturated carbocycles. The topological polar surface area (TPSA) is 48.4 Å². The molecular weight excluding hydrogens is 166 g/mol. The summed E-state index contributed by atoms with van der Waals surface area (Å²) >= 11 is 0. The van der Waals surface area contributed by atoms with Gasteiger partial charge in [-0.1, -0.05) is 13.8 Å². The molecule has 0 unspecified atom stereocenters. The molecule has 3 heteroatoms. The lowest BCUT2D eigenvalue weighted by Crippen LogP contribution is -2.02. The third-order valence-corrected chi connectivity index (χ3v) is 2.44. The van der Waals surface area contributed by atoms with Gasteiger partial charge >= 0.3 is 0 Å². The Bertz CT molecular complexity index is 315. The highest BCUT2D eigenvalue weighted by atomic mass is 16.5. The van der Waals surface area contributed by atoms with E-state index in [0.717, 1.165) is 17.1 Å². The van der Waals surface area contributed by atoms with Gasteiger partial charge < -0.3 is 14.9 Å². The van der Waals surface area contributed by atoms with E-state index < -0.39 is 0 Å². The van der Waals surface area contributed by atoms with Crippen LogP contribution in [-0.2, 0) is 24.5 Å². The highest BCUT2D eigenvalue weighted by Crippen LogP contribution is 2.32. The molecule has 3 nitrogen and oxygen atoms in total. The average Bonchev–Trinajstić information content (AvgIpc) is 2.60. The van der Waals surface area contributed by atoms with Gasteiger partial charge in [0.2, 0.25) is 0 Å². The van der Waals surface area contributed by atoms with E-state index in [4.69, 9.17) is 14.9 Å². The van der Waals surface area contributed by atoms with Crippen molar-refractivity contribution in [1.82, 2.24) is 0 Å². The molecule has 1 aliphatic rings. The standard InChI is InChI=1S/C10H15NO2/c1-6(2)10-7(3-11)8-4-12-5-9(8)13-10/h6H,3-5,11H2,1-2H3. The van der Waals surface area contributed by atoms with Gasteiger partial charge in [-0.05, 0) is 0 Å². The SMILES string of the molecule is CC(C)c1oc2c(c1CN)COC2. The van der Waals surface area contributed by atoms with Gasteiger partial charge in [0.05, 0.1) is 6.61 Å². The number of fused-ring (bicyclic) bond motifs is 1. The lowest BCUT2D eigenvalue weighted by atomic mass is 10.0. The van der Waals surface area contributed by atoms with Crippen molar-refractivity contribution < 1.29 is 9.15 Å². The van der Waals surface area contributed by atoms with Crippen LogP contribution in [0, 0.1) is 0 Å². The second-order valence-corrected chi connectivity index (χ2v) is 3.70. The maximum atomic E-state index is 5.70. The summed E-state index contributed by atoms with van der Waals surface area (Å²) in [7, 11) is 0. The highest BCUT2D eigenvalue weighted by Gasteiger charge is 2.24. The molecule has 0 aliphatic carbocycles. The van der Waals surface area contributed by atoms with Crippen molar-refractivity contribution in [3.8, 4) is 0 Å². The quantitative estimate of drug-likeness (QED) is 0.758. The minimum Gasteiger partial charge on any atom is -0.463 e. The monoisotopic (exact) mass is 181 g/mol. The van der Waals surface area contributed by atoms with Gasteiger partial charge in [-0.25, -0.2) is 0 Å². The van der Waals surface area contributed by atoms with Gasteiger partial charge in [-0.15, -0.1) is 0 Å². The normalized spacial score (nSPS) is 15.4. The van der Waals surface area contributed by atoms with E-state index in [1.807, 2.05) is 0 Å². The van der Waals surface area contributed by atoms with E-state index in [9.17, 15) is 0 Å². The first-order chi connectivity index (χ1) is 6.24. The Labute approximate surface area is 77.9 Å². The smallest absolute Gasteiger partial charge is 0.135 e. The Balaban J connectivity index is 2.47. The largest absolute Gasteiger partial charge is 0.463 e. The van der Waals surface area contributed by atoms with Crippen LogP contribution in [0.4, 0.5) is 0 Å². The van der Waals surface area contributed by atoms with E-state index in [-0.39, 0.29) is 0 Å². The summed E-state index contributed by atoms with van der Waals surface area (Å²) in [4.78, 5) is 0. The first kappa shape index (κ1) is 8.78. The van der Waals surface area contributed by atoms with Crippen LogP contribution < -0.4 is 5.73 Å². The summed E-state index contributed by atoms with van der Waals surface area (Å²) in [6.45, 7) is 6.06. The highest BCUT2D eigenvalue weighted by molar-refractivity contribution is 5.36. The molecule has 2 rings (SSSR count). The predicted molar refractivity (Wildman–Crippen MR) is 49.2 cm³/mol. The van der Waals surface area contributed by atoms with E-state index in [2.05, 4.69) is 13.8 Å². The summed E-state index contributed by atoms with van der Waals surface area (Å²) in [5.41, 5.74) is 8.03. The number of hydrogen-bond acceptors (Lipinski definition) is 3. The van der Waals surface area contributed by atoms with Crippen LogP contribution in [0.3, 0.4) is 0 Å². The summed E-state index contributed by atoms with van der Waals surface area (Å²) in [6, 6.07) is 0. The van der Waals surface area contributed by atoms with Crippen LogP contribution in [0.25, 0.3) is 0 Å². The van der Waals surface area contributed by atoms with Crippen molar-refractivity contribution in [2.24, 2.45) is 5.73 Å². The minimum absolute atomic E-state index is 0.407. The van der Waals surface area contributed by atoms with Crippen LogP contribution in [0.2, 0.25) is 0 Å². The van der Waals surface area contributed by atoms with Gasteiger partial charge in [-0.3, -0.25) is 0 Å². The molecule has 0 saturated heterocycles. The molecule has 1 aromatic rings. The fourth-order valence-electron chi connectivity index (χ4n) is 1.79. The lowest BCUT2D eigenvalue weighted by Gasteiger charge is -2.04. The molecule has 0 atom stereocenters. The molecule has 2 N–H and O–H groups in total. The second-order valence-electron chi connectivity index (χ2n) is 3.70. The van der Waals surface area contributed by atoms with Crippen LogP contribution in [-0.4, -0.2) is 0 Å². The summed E-state index contributed by atoms with van der Waals surface area (Å²) in [5, 5.41) is 0. The first-order valence-electron chi connectivity index (χ1n) is 4.65. The fourth-order valence-corrected chi connectivity index (χ4v) is 1.79. The molecule has 0 aromatic carbocycles. The third kappa shape index (κ3) is 1.28. The Hall–Kier alpha value is -0.800. The number of ether oxygens (including phenoxy) is 1. The Morgan fingerprint density at radius 2 is 2.15 bits per heavy atom. The van der Waals surface area contributed by atoms with Crippen molar-refractivity contribution in [3.05, 3.63) is 22.6 Å². The van der Waals surface area contributed by atoms with Crippen LogP contribution in [0.5, 0.6) is 0 Å². The van der Waals surface area contributed by atoms with Crippen molar-refractivity contribution in [1.29, 1.82) is 0 Å². The average molecular weight is 181 g/mol. The maximum absolute atomic E-state index is 5.70. The van der Waals surface area contributed by atoms with Gasteiger partial charge in [-0.2, -0.15) is 0 Å². The number of furan rings is 1. The lowest BCUT2D eigenvalue weighted by molar-refractivity contribution is 0.122. The summed E-state index contributed by atoms with van der Waals surface area (Å²) in [5.74, 6) is 2.42. The molecule has 1 aromatic heterocycles. The second kappa shape index (κ2) is 3.16. The van der Waals surface area contributed by atoms with Gasteiger partial charge in [0.1, 0.15) is 18.1 Å². The van der Waals surface area contributed by atoms with Crippen molar-refractivity contribution >= 4 is 0 Å². The van der Waals surface area contributed by atoms with Crippen molar-refractivity contribution in [3.63, 3.8) is 0 Å². The maximum Gasteiger partial charge on any atom is 0.135 e. The number of hydrogen-bond donors (Lipinski definition) is 1. The Morgan fingerprint density at radius 1 is 1.38 bits per heavy atom. The zero-order valence-corrected chi connectivity index (χ0v) is 8.09. The van der Waals surface area contributed by atoms with E-state index in [0.29, 0.717) is 25.7 Å². The molecule has 1 aliphatic heterocycles. The number of nitrogens with two attached hydrogens (primary N) is 1. The molecule has 13 heavy (non-hydrogen) atoms. The summed E-state index contributed by atoms with van der Waals surface area (Å²) in [6.07, 6.45) is 0. The predicted octanol–water partition coefficient (Wildman–Crippen LogP) is 1.89. The molecule has 0 amide bonds. The van der Waals surface area contributed by atoms with Crippen LogP contribution in [0.15, 0.2) is 4.42 Å². The van der Waals surface area contributed by atoms with Gasteiger partial charge in [0, 0.05) is 23.6 Å². The van der Waals surface area contributed by atoms with Crippen molar-refractivity contribution in [2.75, 3.05) is 0 Å². The van der Waals surface area contributed by atoms with E-state index in [1.165, 1.54) is 5.56 Å². The molecule has 0 spiro atoms. The Morgan fingerprint density at radius 3 is 2.77 bits per heavy atom. The first-order valence-corrected chi connectivity index (χ1v) is 4.65. The van der Waals surface area contributed by atoms with Gasteiger partial charge in [0.15, 0.2) is 0 Å². The van der Waals surface area contributed by atoms with Crippen LogP contribution >= 0.6 is 0 Å². The number of rotatable bonds is 2.